The van der Waals surface area contributed by atoms with Crippen LogP contribution in [0, 0.1) is 5.92 Å². The van der Waals surface area contributed by atoms with Crippen LogP contribution in [-0.4, -0.2) is 70.5 Å². The molecule has 2 aromatic rings. The van der Waals surface area contributed by atoms with Gasteiger partial charge < -0.3 is 14.7 Å². The Hall–Kier alpha value is -2.09. The molecule has 0 amide bonds. The zero-order valence-corrected chi connectivity index (χ0v) is 14.9. The van der Waals surface area contributed by atoms with Crippen molar-refractivity contribution in [3.63, 3.8) is 0 Å². The summed E-state index contributed by atoms with van der Waals surface area (Å²) in [4.78, 5) is 17.5. The van der Waals surface area contributed by atoms with Crippen LogP contribution >= 0.6 is 0 Å². The first-order chi connectivity index (χ1) is 12.8. The highest BCUT2D eigenvalue weighted by Gasteiger charge is 2.31. The average Bonchev–Trinajstić information content (AvgIpc) is 3.03. The zero-order valence-electron chi connectivity index (χ0n) is 14.9. The highest BCUT2D eigenvalue weighted by atomic mass is 16.5. The third kappa shape index (κ3) is 4.17. The van der Waals surface area contributed by atoms with Crippen molar-refractivity contribution in [2.24, 2.45) is 5.92 Å². The number of aromatic nitrogens is 3. The van der Waals surface area contributed by atoms with Gasteiger partial charge in [-0.2, -0.15) is 0 Å². The largest absolute Gasteiger partial charge is 0.391 e. The summed E-state index contributed by atoms with van der Waals surface area (Å²) in [5.41, 5.74) is 2.31. The second-order valence-electron chi connectivity index (χ2n) is 7.07. The van der Waals surface area contributed by atoms with Crippen LogP contribution in [0.25, 0.3) is 0 Å². The number of aliphatic hydroxyl groups is 1. The van der Waals surface area contributed by atoms with E-state index in [-0.39, 0.29) is 12.0 Å². The normalized spacial score (nSPS) is 24.1. The van der Waals surface area contributed by atoms with Crippen LogP contribution in [-0.2, 0) is 17.7 Å². The monoisotopic (exact) mass is 355 g/mol. The van der Waals surface area contributed by atoms with Crippen LogP contribution in [0.3, 0.4) is 0 Å². The van der Waals surface area contributed by atoms with Gasteiger partial charge in [-0.15, -0.1) is 0 Å². The number of pyridine rings is 1. The molecule has 0 radical (unpaired) electrons. The molecule has 2 aliphatic rings. The standard InChI is InChI=1S/C19H25N5O2/c25-18-14-23(13-17(18)9-15-1-3-20-4-2-15)12-16-10-21-19(22-11-16)24-5-7-26-8-6-24/h1-4,10-11,17-18,25H,5-9,12-14H2/t17-,18+/m1/s1. The van der Waals surface area contributed by atoms with Crippen molar-refractivity contribution in [2.75, 3.05) is 44.3 Å². The van der Waals surface area contributed by atoms with E-state index in [1.165, 1.54) is 5.56 Å². The minimum atomic E-state index is -0.295. The summed E-state index contributed by atoms with van der Waals surface area (Å²) in [6.45, 7) is 5.50. The molecule has 2 fully saturated rings. The molecule has 4 rings (SSSR count). The lowest BCUT2D eigenvalue weighted by atomic mass is 9.97. The summed E-state index contributed by atoms with van der Waals surface area (Å²) in [6, 6.07) is 4.04. The van der Waals surface area contributed by atoms with Crippen molar-refractivity contribution in [3.05, 3.63) is 48.0 Å². The van der Waals surface area contributed by atoms with Crippen molar-refractivity contribution in [1.82, 2.24) is 19.9 Å². The average molecular weight is 355 g/mol. The number of likely N-dealkylation sites (tertiary alicyclic amines) is 1. The van der Waals surface area contributed by atoms with Gasteiger partial charge in [0.25, 0.3) is 0 Å². The molecule has 138 valence electrons. The van der Waals surface area contributed by atoms with Gasteiger partial charge in [-0.05, 0) is 24.1 Å². The fourth-order valence-corrected chi connectivity index (χ4v) is 3.71. The van der Waals surface area contributed by atoms with E-state index in [4.69, 9.17) is 4.74 Å². The van der Waals surface area contributed by atoms with Gasteiger partial charge in [-0.3, -0.25) is 9.88 Å². The maximum atomic E-state index is 10.4. The van der Waals surface area contributed by atoms with Gasteiger partial charge in [-0.1, -0.05) is 0 Å². The topological polar surface area (TPSA) is 74.6 Å². The van der Waals surface area contributed by atoms with Gasteiger partial charge in [-0.25, -0.2) is 9.97 Å². The third-order valence-electron chi connectivity index (χ3n) is 5.12. The van der Waals surface area contributed by atoms with E-state index in [9.17, 15) is 5.11 Å². The fraction of sp³-hybridized carbons (Fsp3) is 0.526. The number of ether oxygens (including phenoxy) is 1. The molecule has 0 aliphatic carbocycles. The summed E-state index contributed by atoms with van der Waals surface area (Å²) >= 11 is 0. The SMILES string of the molecule is O[C@H]1CN(Cc2cnc(N3CCOCC3)nc2)C[C@H]1Cc1ccncc1. The second kappa shape index (κ2) is 8.07. The van der Waals surface area contributed by atoms with E-state index >= 15 is 0 Å². The zero-order chi connectivity index (χ0) is 17.8. The van der Waals surface area contributed by atoms with Gasteiger partial charge in [0.15, 0.2) is 0 Å². The van der Waals surface area contributed by atoms with Crippen molar-refractivity contribution < 1.29 is 9.84 Å². The number of nitrogens with zero attached hydrogens (tertiary/aromatic N) is 5. The van der Waals surface area contributed by atoms with Crippen molar-refractivity contribution in [1.29, 1.82) is 0 Å². The highest BCUT2D eigenvalue weighted by molar-refractivity contribution is 5.30. The summed E-state index contributed by atoms with van der Waals surface area (Å²) in [7, 11) is 0. The molecule has 26 heavy (non-hydrogen) atoms. The lowest BCUT2D eigenvalue weighted by molar-refractivity contribution is 0.122. The Morgan fingerprint density at radius 2 is 1.77 bits per heavy atom. The smallest absolute Gasteiger partial charge is 0.225 e. The lowest BCUT2D eigenvalue weighted by Crippen LogP contribution is -2.37. The molecule has 2 aliphatic heterocycles. The number of aliphatic hydroxyl groups excluding tert-OH is 1. The molecule has 0 aromatic carbocycles. The number of hydrogen-bond donors (Lipinski definition) is 1. The summed E-state index contributed by atoms with van der Waals surface area (Å²) in [5, 5.41) is 10.4. The number of morpholine rings is 1. The van der Waals surface area contributed by atoms with Crippen molar-refractivity contribution in [2.45, 2.75) is 19.1 Å². The van der Waals surface area contributed by atoms with E-state index in [0.29, 0.717) is 6.54 Å². The number of β-amino-alcohol motifs (C(OH)–C–C–N with tert-alkyl or cyclic N) is 1. The molecule has 0 saturated carbocycles. The molecule has 2 aromatic heterocycles. The van der Waals surface area contributed by atoms with Gasteiger partial charge in [0.05, 0.1) is 19.3 Å². The molecular formula is C19H25N5O2. The summed E-state index contributed by atoms with van der Waals surface area (Å²) in [5.74, 6) is 1.03. The molecule has 7 heteroatoms. The maximum Gasteiger partial charge on any atom is 0.225 e. The Bertz CT molecular complexity index is 691. The molecular weight excluding hydrogens is 330 g/mol. The van der Waals surface area contributed by atoms with Crippen LogP contribution in [0.5, 0.6) is 0 Å². The Morgan fingerprint density at radius 3 is 2.50 bits per heavy atom. The van der Waals surface area contributed by atoms with E-state index < -0.39 is 0 Å². The lowest BCUT2D eigenvalue weighted by Gasteiger charge is -2.26. The van der Waals surface area contributed by atoms with E-state index in [0.717, 1.165) is 57.3 Å². The molecule has 1 N–H and O–H groups in total. The van der Waals surface area contributed by atoms with Crippen LogP contribution in [0.2, 0.25) is 0 Å². The molecule has 2 atom stereocenters. The van der Waals surface area contributed by atoms with Crippen LogP contribution in [0.1, 0.15) is 11.1 Å². The molecule has 2 saturated heterocycles. The van der Waals surface area contributed by atoms with E-state index in [1.807, 2.05) is 36.9 Å². The maximum absolute atomic E-state index is 10.4. The molecule has 7 nitrogen and oxygen atoms in total. The molecule has 0 bridgehead atoms. The van der Waals surface area contributed by atoms with Gasteiger partial charge >= 0.3 is 0 Å². The van der Waals surface area contributed by atoms with Crippen LogP contribution in [0.15, 0.2) is 36.9 Å². The molecule has 0 unspecified atom stereocenters. The minimum Gasteiger partial charge on any atom is -0.391 e. The Kier molecular flexibility index (Phi) is 5.38. The number of hydrogen-bond acceptors (Lipinski definition) is 7. The first kappa shape index (κ1) is 17.3. The Morgan fingerprint density at radius 1 is 1.04 bits per heavy atom. The van der Waals surface area contributed by atoms with Gasteiger partial charge in [0, 0.05) is 69.0 Å². The first-order valence-electron chi connectivity index (χ1n) is 9.21. The quantitative estimate of drug-likeness (QED) is 0.848. The Balaban J connectivity index is 1.32. The molecule has 0 spiro atoms. The van der Waals surface area contributed by atoms with Gasteiger partial charge in [0.2, 0.25) is 5.95 Å². The molecule has 4 heterocycles. The van der Waals surface area contributed by atoms with Crippen molar-refractivity contribution in [3.8, 4) is 0 Å². The number of rotatable bonds is 5. The number of anilines is 1. The van der Waals surface area contributed by atoms with E-state index in [1.54, 1.807) is 0 Å². The predicted octanol–water partition coefficient (Wildman–Crippen LogP) is 0.744. The first-order valence-corrected chi connectivity index (χ1v) is 9.21. The van der Waals surface area contributed by atoms with Crippen molar-refractivity contribution >= 4 is 5.95 Å². The van der Waals surface area contributed by atoms with E-state index in [2.05, 4.69) is 24.8 Å². The third-order valence-corrected chi connectivity index (χ3v) is 5.12. The predicted molar refractivity (Wildman–Crippen MR) is 97.8 cm³/mol. The highest BCUT2D eigenvalue weighted by Crippen LogP contribution is 2.23. The second-order valence-corrected chi connectivity index (χ2v) is 7.07. The van der Waals surface area contributed by atoms with Crippen LogP contribution in [0.4, 0.5) is 5.95 Å². The Labute approximate surface area is 153 Å². The van der Waals surface area contributed by atoms with Gasteiger partial charge in [0.1, 0.15) is 0 Å². The minimum absolute atomic E-state index is 0.256. The summed E-state index contributed by atoms with van der Waals surface area (Å²) in [6.07, 6.45) is 8.01. The fourth-order valence-electron chi connectivity index (χ4n) is 3.71. The summed E-state index contributed by atoms with van der Waals surface area (Å²) < 4.78 is 5.37. The van der Waals surface area contributed by atoms with Crippen LogP contribution < -0.4 is 4.90 Å².